The summed E-state index contributed by atoms with van der Waals surface area (Å²) in [6.07, 6.45) is -9.76. The van der Waals surface area contributed by atoms with Crippen molar-refractivity contribution in [2.75, 3.05) is 19.8 Å². The van der Waals surface area contributed by atoms with E-state index in [0.717, 1.165) is 4.90 Å². The van der Waals surface area contributed by atoms with Crippen molar-refractivity contribution >= 4 is 11.9 Å². The fourth-order valence-electron chi connectivity index (χ4n) is 2.75. The predicted octanol–water partition coefficient (Wildman–Crippen LogP) is 3.43. The lowest BCUT2D eigenvalue weighted by Gasteiger charge is -2.33. The highest BCUT2D eigenvalue weighted by atomic mass is 19.4. The van der Waals surface area contributed by atoms with Gasteiger partial charge in [0.05, 0.1) is 11.1 Å². The highest BCUT2D eigenvalue weighted by molar-refractivity contribution is 5.96. The summed E-state index contributed by atoms with van der Waals surface area (Å²) in [6.45, 7) is -0.448. The number of amides is 1. The predicted molar refractivity (Wildman–Crippen MR) is 79.0 cm³/mol. The van der Waals surface area contributed by atoms with E-state index in [9.17, 15) is 35.9 Å². The number of aliphatic carboxylic acids is 1. The van der Waals surface area contributed by atoms with Crippen LogP contribution in [0.1, 0.15) is 34.3 Å². The van der Waals surface area contributed by atoms with Crippen molar-refractivity contribution in [3.05, 3.63) is 34.9 Å². The molecule has 0 saturated carbocycles. The van der Waals surface area contributed by atoms with Crippen LogP contribution in [-0.4, -0.2) is 47.7 Å². The molecule has 0 unspecified atom stereocenters. The fourth-order valence-corrected chi connectivity index (χ4v) is 2.75. The van der Waals surface area contributed by atoms with Crippen LogP contribution in [0.3, 0.4) is 0 Å². The molecule has 1 aliphatic heterocycles. The number of carboxylic acids is 1. The van der Waals surface area contributed by atoms with Crippen molar-refractivity contribution in [2.45, 2.75) is 31.2 Å². The Morgan fingerprint density at radius 2 is 1.48 bits per heavy atom. The van der Waals surface area contributed by atoms with E-state index in [1.165, 1.54) is 0 Å². The normalized spacial score (nSPS) is 16.2. The van der Waals surface area contributed by atoms with Gasteiger partial charge in [-0.2, -0.15) is 26.3 Å². The Kier molecular flexibility index (Phi) is 6.03. The summed E-state index contributed by atoms with van der Waals surface area (Å²) in [5.41, 5.74) is -4.14. The molecule has 5 nitrogen and oxygen atoms in total. The first-order valence-electron chi connectivity index (χ1n) is 7.79. The molecule has 1 N–H and O–H groups in total. The maximum absolute atomic E-state index is 13.0. The molecule has 1 heterocycles. The van der Waals surface area contributed by atoms with Gasteiger partial charge in [-0.25, -0.2) is 0 Å². The Morgan fingerprint density at radius 1 is 1.00 bits per heavy atom. The molecule has 11 heteroatoms. The first-order chi connectivity index (χ1) is 12.4. The summed E-state index contributed by atoms with van der Waals surface area (Å²) < 4.78 is 82.9. The fraction of sp³-hybridized carbons (Fsp3) is 0.500. The number of nitrogens with zero attached hydrogens (tertiary/aromatic N) is 1. The molecule has 150 valence electrons. The topological polar surface area (TPSA) is 66.8 Å². The first-order valence-corrected chi connectivity index (χ1v) is 7.79. The molecule has 0 bridgehead atoms. The molecule has 1 fully saturated rings. The van der Waals surface area contributed by atoms with Gasteiger partial charge in [0, 0.05) is 24.8 Å². The number of carboxylic acid groups (broad SMARTS) is 1. The number of benzene rings is 1. The van der Waals surface area contributed by atoms with Crippen LogP contribution in [0.2, 0.25) is 0 Å². The Morgan fingerprint density at radius 3 is 1.89 bits per heavy atom. The summed E-state index contributed by atoms with van der Waals surface area (Å²) >= 11 is 0. The van der Waals surface area contributed by atoms with Crippen LogP contribution < -0.4 is 0 Å². The lowest BCUT2D eigenvalue weighted by molar-refractivity contribution is -0.143. The Hall–Kier alpha value is -2.30. The molecule has 2 rings (SSSR count). The molecule has 1 aliphatic rings. The van der Waals surface area contributed by atoms with Crippen molar-refractivity contribution in [3.8, 4) is 0 Å². The van der Waals surface area contributed by atoms with E-state index in [-0.39, 0.29) is 32.1 Å². The standard InChI is InChI=1S/C16H15F6NO4/c17-15(18,19)10-5-9(6-11(7-10)16(20,21)22)14(26)23(8-13(24)25)12-1-3-27-4-2-12/h5-7,12H,1-4,8H2,(H,24,25). The van der Waals surface area contributed by atoms with Crippen LogP contribution in [0.5, 0.6) is 0 Å². The van der Waals surface area contributed by atoms with Gasteiger partial charge in [-0.3, -0.25) is 9.59 Å². The maximum atomic E-state index is 13.0. The minimum Gasteiger partial charge on any atom is -0.480 e. The van der Waals surface area contributed by atoms with Gasteiger partial charge in [-0.05, 0) is 31.0 Å². The summed E-state index contributed by atoms with van der Waals surface area (Å²) in [5, 5.41) is 8.99. The third-order valence-electron chi connectivity index (χ3n) is 4.03. The summed E-state index contributed by atoms with van der Waals surface area (Å²) in [5.74, 6) is -2.64. The largest absolute Gasteiger partial charge is 0.480 e. The van der Waals surface area contributed by atoms with Crippen LogP contribution >= 0.6 is 0 Å². The van der Waals surface area contributed by atoms with Crippen molar-refractivity contribution in [2.24, 2.45) is 0 Å². The molecule has 1 aromatic carbocycles. The Labute approximate surface area is 149 Å². The number of carbonyl (C=O) groups excluding carboxylic acids is 1. The number of hydrogen-bond donors (Lipinski definition) is 1. The lowest BCUT2D eigenvalue weighted by Crippen LogP contribution is -2.46. The zero-order valence-electron chi connectivity index (χ0n) is 13.7. The molecule has 0 aliphatic carbocycles. The number of rotatable bonds is 4. The third kappa shape index (κ3) is 5.34. The molecule has 0 atom stereocenters. The van der Waals surface area contributed by atoms with Crippen molar-refractivity contribution in [3.63, 3.8) is 0 Å². The molecule has 1 saturated heterocycles. The van der Waals surface area contributed by atoms with Crippen molar-refractivity contribution < 1.29 is 45.8 Å². The van der Waals surface area contributed by atoms with E-state index in [0.29, 0.717) is 12.1 Å². The Balaban J connectivity index is 2.48. The molecule has 0 aromatic heterocycles. The SMILES string of the molecule is O=C(O)CN(C(=O)c1cc(C(F)(F)F)cc(C(F)(F)F)c1)C1CCOCC1. The molecule has 0 spiro atoms. The van der Waals surface area contributed by atoms with Gasteiger partial charge in [0.1, 0.15) is 6.54 Å². The van der Waals surface area contributed by atoms with Gasteiger partial charge in [-0.1, -0.05) is 0 Å². The van der Waals surface area contributed by atoms with E-state index in [4.69, 9.17) is 9.84 Å². The van der Waals surface area contributed by atoms with Gasteiger partial charge in [-0.15, -0.1) is 0 Å². The highest BCUT2D eigenvalue weighted by Gasteiger charge is 2.38. The molecule has 27 heavy (non-hydrogen) atoms. The van der Waals surface area contributed by atoms with Gasteiger partial charge >= 0.3 is 18.3 Å². The molecule has 1 amide bonds. The Bertz CT molecular complexity index is 678. The number of ether oxygens (including phenoxy) is 1. The summed E-state index contributed by atoms with van der Waals surface area (Å²) in [6, 6.07) is -0.157. The second-order valence-electron chi connectivity index (χ2n) is 5.96. The highest BCUT2D eigenvalue weighted by Crippen LogP contribution is 2.36. The lowest BCUT2D eigenvalue weighted by atomic mass is 10.0. The van der Waals surface area contributed by atoms with Crippen LogP contribution in [0, 0.1) is 0 Å². The monoisotopic (exact) mass is 399 g/mol. The van der Waals surface area contributed by atoms with Crippen molar-refractivity contribution in [1.82, 2.24) is 4.90 Å². The minimum absolute atomic E-state index is 0.0905. The maximum Gasteiger partial charge on any atom is 0.416 e. The number of alkyl halides is 6. The second-order valence-corrected chi connectivity index (χ2v) is 5.96. The minimum atomic E-state index is -5.10. The van der Waals surface area contributed by atoms with Crippen LogP contribution in [0.15, 0.2) is 18.2 Å². The third-order valence-corrected chi connectivity index (χ3v) is 4.03. The van der Waals surface area contributed by atoms with Crippen LogP contribution in [-0.2, 0) is 21.9 Å². The molecular weight excluding hydrogens is 384 g/mol. The zero-order valence-corrected chi connectivity index (χ0v) is 13.7. The van der Waals surface area contributed by atoms with Gasteiger partial charge < -0.3 is 14.7 Å². The van der Waals surface area contributed by atoms with E-state index in [2.05, 4.69) is 0 Å². The van der Waals surface area contributed by atoms with Crippen LogP contribution in [0.25, 0.3) is 0 Å². The summed E-state index contributed by atoms with van der Waals surface area (Å²) in [7, 11) is 0. The smallest absolute Gasteiger partial charge is 0.416 e. The number of halogens is 6. The van der Waals surface area contributed by atoms with E-state index < -0.39 is 53.5 Å². The average Bonchev–Trinajstić information content (AvgIpc) is 2.58. The summed E-state index contributed by atoms with van der Waals surface area (Å²) in [4.78, 5) is 24.5. The van der Waals surface area contributed by atoms with E-state index in [1.54, 1.807) is 0 Å². The second kappa shape index (κ2) is 7.75. The average molecular weight is 399 g/mol. The zero-order chi connectivity index (χ0) is 20.4. The molecule has 0 radical (unpaired) electrons. The van der Waals surface area contributed by atoms with Gasteiger partial charge in [0.2, 0.25) is 0 Å². The van der Waals surface area contributed by atoms with Crippen LogP contribution in [0.4, 0.5) is 26.3 Å². The van der Waals surface area contributed by atoms with E-state index >= 15 is 0 Å². The number of carbonyl (C=O) groups is 2. The molecular formula is C16H15F6NO4. The first kappa shape index (κ1) is 21.0. The number of hydrogen-bond acceptors (Lipinski definition) is 3. The van der Waals surface area contributed by atoms with Crippen molar-refractivity contribution in [1.29, 1.82) is 0 Å². The van der Waals surface area contributed by atoms with Gasteiger partial charge in [0.25, 0.3) is 5.91 Å². The quantitative estimate of drug-likeness (QED) is 0.788. The van der Waals surface area contributed by atoms with Gasteiger partial charge in [0.15, 0.2) is 0 Å². The van der Waals surface area contributed by atoms with E-state index in [1.807, 2.05) is 0 Å². The molecule has 1 aromatic rings.